The quantitative estimate of drug-likeness (QED) is 0.516. The van der Waals surface area contributed by atoms with E-state index in [0.717, 1.165) is 36.9 Å². The average Bonchev–Trinajstić information content (AvgIpc) is 2.78. The lowest BCUT2D eigenvalue weighted by Crippen LogP contribution is -2.43. The smallest absolute Gasteiger partial charge is 0.331 e. The molecule has 1 aromatic heterocycles. The number of aromatic nitrogens is 1. The van der Waals surface area contributed by atoms with Crippen LogP contribution in [0, 0.1) is 0 Å². The molecule has 2 heterocycles. The first-order valence-electron chi connectivity index (χ1n) is 11.2. The Balaban J connectivity index is 0.00000363. The van der Waals surface area contributed by atoms with Gasteiger partial charge in [0.25, 0.3) is 0 Å². The number of amides is 1. The molecule has 1 amide bonds. The summed E-state index contributed by atoms with van der Waals surface area (Å²) in [5.41, 5.74) is 3.79. The Morgan fingerprint density at radius 3 is 2.66 bits per heavy atom. The first kappa shape index (κ1) is 25.7. The van der Waals surface area contributed by atoms with Crippen LogP contribution in [0.4, 0.5) is 0 Å². The summed E-state index contributed by atoms with van der Waals surface area (Å²) in [5.74, 6) is -0.461. The molecule has 1 atom stereocenters. The van der Waals surface area contributed by atoms with Crippen molar-refractivity contribution in [1.29, 1.82) is 0 Å². The molecule has 0 saturated carbocycles. The van der Waals surface area contributed by atoms with Crippen molar-refractivity contribution in [2.24, 2.45) is 0 Å². The molecule has 6 nitrogen and oxygen atoms in total. The molecule has 1 aliphatic rings. The number of hydrogen-bond donors (Lipinski definition) is 1. The lowest BCUT2D eigenvalue weighted by molar-refractivity contribution is -0.151. The van der Waals surface area contributed by atoms with Crippen molar-refractivity contribution in [2.45, 2.75) is 64.8 Å². The van der Waals surface area contributed by atoms with Crippen LogP contribution >= 0.6 is 12.4 Å². The summed E-state index contributed by atoms with van der Waals surface area (Å²) < 4.78 is 5.90. The number of unbranched alkanes of at least 4 members (excludes halogenated alkanes) is 2. The maximum atomic E-state index is 12.7. The van der Waals surface area contributed by atoms with Crippen molar-refractivity contribution in [3.05, 3.63) is 58.9 Å². The van der Waals surface area contributed by atoms with Gasteiger partial charge >= 0.3 is 5.97 Å². The average molecular weight is 461 g/mol. The summed E-state index contributed by atoms with van der Waals surface area (Å²) in [6.07, 6.45) is 7.37. The van der Waals surface area contributed by atoms with Crippen LogP contribution in [-0.2, 0) is 28.9 Å². The normalized spacial score (nSPS) is 14.9. The van der Waals surface area contributed by atoms with Crippen LogP contribution < -0.4 is 4.74 Å². The molecule has 3 rings (SSSR count). The minimum absolute atomic E-state index is 0. The topological polar surface area (TPSA) is 79.7 Å². The van der Waals surface area contributed by atoms with Crippen LogP contribution in [0.5, 0.6) is 5.75 Å². The van der Waals surface area contributed by atoms with Crippen molar-refractivity contribution in [1.82, 2.24) is 9.88 Å². The fraction of sp³-hybridized carbons (Fsp3) is 0.480. The predicted octanol–water partition coefficient (Wildman–Crippen LogP) is 4.78. The van der Waals surface area contributed by atoms with E-state index >= 15 is 0 Å². The molecular formula is C25H33ClN2O4. The lowest BCUT2D eigenvalue weighted by atomic mass is 9.91. The van der Waals surface area contributed by atoms with Gasteiger partial charge in [-0.1, -0.05) is 38.8 Å². The van der Waals surface area contributed by atoms with Gasteiger partial charge in [-0.05, 0) is 54.2 Å². The van der Waals surface area contributed by atoms with Gasteiger partial charge in [-0.3, -0.25) is 9.78 Å². The SMILES string of the molecule is CCCCCC(=O)N1CCc2ccc(OCCc3ccc(CC)cn3)cc2C1C(=O)O.Cl. The van der Waals surface area contributed by atoms with Gasteiger partial charge in [0.15, 0.2) is 6.04 Å². The molecule has 1 aliphatic heterocycles. The van der Waals surface area contributed by atoms with E-state index in [2.05, 4.69) is 24.9 Å². The highest BCUT2D eigenvalue weighted by molar-refractivity contribution is 5.86. The molecular weight excluding hydrogens is 428 g/mol. The van der Waals surface area contributed by atoms with Crippen LogP contribution in [0.2, 0.25) is 0 Å². The Labute approximate surface area is 196 Å². The van der Waals surface area contributed by atoms with E-state index in [-0.39, 0.29) is 18.3 Å². The largest absolute Gasteiger partial charge is 0.493 e. The number of aryl methyl sites for hydroxylation is 1. The number of pyridine rings is 1. The van der Waals surface area contributed by atoms with E-state index in [0.29, 0.717) is 43.7 Å². The van der Waals surface area contributed by atoms with E-state index in [1.165, 1.54) is 10.5 Å². The summed E-state index contributed by atoms with van der Waals surface area (Å²) in [7, 11) is 0. The second-order valence-corrected chi connectivity index (χ2v) is 8.01. The number of carboxylic acid groups (broad SMARTS) is 1. The predicted molar refractivity (Wildman–Crippen MR) is 126 cm³/mol. The maximum absolute atomic E-state index is 12.7. The molecule has 0 aliphatic carbocycles. The van der Waals surface area contributed by atoms with Gasteiger partial charge in [-0.15, -0.1) is 12.4 Å². The molecule has 174 valence electrons. The zero-order valence-electron chi connectivity index (χ0n) is 18.9. The minimum atomic E-state index is -0.998. The minimum Gasteiger partial charge on any atom is -0.493 e. The van der Waals surface area contributed by atoms with Gasteiger partial charge < -0.3 is 14.7 Å². The number of halogens is 1. The Kier molecular flexibility index (Phi) is 9.97. The number of ether oxygens (including phenoxy) is 1. The number of carboxylic acids is 1. The zero-order chi connectivity index (χ0) is 22.2. The number of nitrogens with zero attached hydrogens (tertiary/aromatic N) is 2. The second-order valence-electron chi connectivity index (χ2n) is 8.01. The summed E-state index contributed by atoms with van der Waals surface area (Å²) >= 11 is 0. The van der Waals surface area contributed by atoms with Gasteiger partial charge in [0.05, 0.1) is 6.61 Å². The van der Waals surface area contributed by atoms with Gasteiger partial charge in [-0.25, -0.2) is 4.79 Å². The van der Waals surface area contributed by atoms with Gasteiger partial charge in [0, 0.05) is 31.3 Å². The molecule has 1 unspecified atom stereocenters. The highest BCUT2D eigenvalue weighted by Crippen LogP contribution is 2.33. The summed E-state index contributed by atoms with van der Waals surface area (Å²) in [4.78, 5) is 30.7. The van der Waals surface area contributed by atoms with Crippen molar-refractivity contribution >= 4 is 24.3 Å². The standard InChI is InChI=1S/C25H32N2O4.ClH/c1-3-5-6-7-23(28)27-14-12-19-9-11-21(16-22(19)24(27)25(29)30)31-15-13-20-10-8-18(4-2)17-26-20;/h8-11,16-17,24H,3-7,12-15H2,1-2H3,(H,29,30);1H. The Hall–Kier alpha value is -2.60. The highest BCUT2D eigenvalue weighted by Gasteiger charge is 2.35. The number of fused-ring (bicyclic) bond motifs is 1. The van der Waals surface area contributed by atoms with Crippen molar-refractivity contribution in [2.75, 3.05) is 13.2 Å². The third-order valence-electron chi connectivity index (χ3n) is 5.82. The molecule has 1 N–H and O–H groups in total. The molecule has 1 aromatic carbocycles. The van der Waals surface area contributed by atoms with Crippen molar-refractivity contribution in [3.8, 4) is 5.75 Å². The number of benzene rings is 1. The molecule has 32 heavy (non-hydrogen) atoms. The summed E-state index contributed by atoms with van der Waals surface area (Å²) in [6.45, 7) is 5.07. The lowest BCUT2D eigenvalue weighted by Gasteiger charge is -2.35. The van der Waals surface area contributed by atoms with Crippen molar-refractivity contribution < 1.29 is 19.4 Å². The van der Waals surface area contributed by atoms with Gasteiger partial charge in [-0.2, -0.15) is 0 Å². The first-order valence-corrected chi connectivity index (χ1v) is 11.2. The molecule has 0 spiro atoms. The van der Waals surface area contributed by atoms with E-state index in [1.54, 1.807) is 6.07 Å². The molecule has 0 saturated heterocycles. The van der Waals surface area contributed by atoms with Crippen LogP contribution in [0.25, 0.3) is 0 Å². The van der Waals surface area contributed by atoms with E-state index in [4.69, 9.17) is 4.74 Å². The number of carbonyl (C=O) groups is 2. The number of hydrogen-bond acceptors (Lipinski definition) is 4. The van der Waals surface area contributed by atoms with Crippen molar-refractivity contribution in [3.63, 3.8) is 0 Å². The fourth-order valence-electron chi connectivity index (χ4n) is 3.97. The summed E-state index contributed by atoms with van der Waals surface area (Å²) in [5, 5.41) is 9.89. The fourth-order valence-corrected chi connectivity index (χ4v) is 3.97. The van der Waals surface area contributed by atoms with E-state index in [9.17, 15) is 14.7 Å². The van der Waals surface area contributed by atoms with Gasteiger partial charge in [0.2, 0.25) is 5.91 Å². The van der Waals surface area contributed by atoms with Crippen LogP contribution in [0.3, 0.4) is 0 Å². The zero-order valence-corrected chi connectivity index (χ0v) is 19.7. The number of rotatable bonds is 10. The van der Waals surface area contributed by atoms with Gasteiger partial charge in [0.1, 0.15) is 5.75 Å². The highest BCUT2D eigenvalue weighted by atomic mass is 35.5. The van der Waals surface area contributed by atoms with Crippen LogP contribution in [0.15, 0.2) is 36.5 Å². The second kappa shape index (κ2) is 12.4. The Bertz CT molecular complexity index is 901. The molecule has 0 fully saturated rings. The van der Waals surface area contributed by atoms with Crippen LogP contribution in [-0.4, -0.2) is 40.0 Å². The Morgan fingerprint density at radius 2 is 2.00 bits per heavy atom. The molecule has 0 bridgehead atoms. The monoisotopic (exact) mass is 460 g/mol. The van der Waals surface area contributed by atoms with E-state index < -0.39 is 12.0 Å². The summed E-state index contributed by atoms with van der Waals surface area (Å²) in [6, 6.07) is 8.72. The molecule has 0 radical (unpaired) electrons. The molecule has 2 aromatic rings. The number of carbonyl (C=O) groups excluding carboxylic acids is 1. The van der Waals surface area contributed by atoms with Crippen LogP contribution in [0.1, 0.15) is 68.0 Å². The maximum Gasteiger partial charge on any atom is 0.331 e. The third kappa shape index (κ3) is 6.45. The third-order valence-corrected chi connectivity index (χ3v) is 5.82. The first-order chi connectivity index (χ1) is 15.0. The molecule has 7 heteroatoms. The van der Waals surface area contributed by atoms with E-state index in [1.807, 2.05) is 24.4 Å². The number of aliphatic carboxylic acids is 1. The Morgan fingerprint density at radius 1 is 1.19 bits per heavy atom.